The minimum atomic E-state index is -0.908. The number of piperidine rings is 2. The number of likely N-dealkylation sites (tertiary alicyclic amines) is 2. The van der Waals surface area contributed by atoms with Crippen molar-refractivity contribution in [3.05, 3.63) is 134 Å². The third-order valence-electron chi connectivity index (χ3n) is 9.58. The zero-order valence-corrected chi connectivity index (χ0v) is 30.6. The minimum absolute atomic E-state index is 0. The first-order valence-corrected chi connectivity index (χ1v) is 17.1. The molecule has 272 valence electrons. The topological polar surface area (TPSA) is 114 Å². The predicted molar refractivity (Wildman–Crippen MR) is 201 cm³/mol. The molecule has 0 aromatic heterocycles. The van der Waals surface area contributed by atoms with Gasteiger partial charge in [0.25, 0.3) is 5.69 Å². The van der Waals surface area contributed by atoms with Crippen molar-refractivity contribution in [2.75, 3.05) is 26.2 Å². The Bertz CT molecular complexity index is 1640. The number of benzene rings is 3. The number of allylic oxidation sites excluding steroid dienone is 2. The monoisotopic (exact) mass is 736 g/mol. The molecule has 0 amide bonds. The van der Waals surface area contributed by atoms with Gasteiger partial charge in [0.2, 0.25) is 0 Å². The van der Waals surface area contributed by atoms with Crippen molar-refractivity contribution in [2.24, 2.45) is 0 Å². The summed E-state index contributed by atoms with van der Waals surface area (Å²) in [7, 11) is 0. The summed E-state index contributed by atoms with van der Waals surface area (Å²) < 4.78 is 12.4. The van der Waals surface area contributed by atoms with Crippen LogP contribution >= 0.6 is 24.8 Å². The summed E-state index contributed by atoms with van der Waals surface area (Å²) in [4.78, 5) is 44.3. The van der Waals surface area contributed by atoms with E-state index in [9.17, 15) is 19.7 Å². The number of hydrogen-bond donors (Lipinski definition) is 1. The predicted octanol–water partition coefficient (Wildman–Crippen LogP) is 7.09. The lowest BCUT2D eigenvalue weighted by atomic mass is 9.80. The SMILES string of the molecule is CC1=C(C(=O)O[C@H]2CCCN(Cc3ccccc3)C2)C(c2cccc([N+](=O)[O-])c2)C(C(=O)O[C@H]2CCCN(Cc3ccccc3)C2)=C(C)N1.Cl.Cl. The van der Waals surface area contributed by atoms with Crippen LogP contribution in [0, 0.1) is 10.1 Å². The van der Waals surface area contributed by atoms with Gasteiger partial charge in [0.15, 0.2) is 0 Å². The van der Waals surface area contributed by atoms with E-state index in [-0.39, 0.29) is 53.9 Å². The molecule has 3 aliphatic rings. The maximum atomic E-state index is 14.2. The highest BCUT2D eigenvalue weighted by molar-refractivity contribution is 6.00. The molecule has 0 unspecified atom stereocenters. The number of non-ortho nitro benzene ring substituents is 1. The van der Waals surface area contributed by atoms with Gasteiger partial charge < -0.3 is 14.8 Å². The van der Waals surface area contributed by atoms with Gasteiger partial charge in [-0.3, -0.25) is 19.9 Å². The van der Waals surface area contributed by atoms with Crippen molar-refractivity contribution in [1.82, 2.24) is 15.1 Å². The molecule has 3 aromatic carbocycles. The first kappa shape index (κ1) is 39.6. The number of hydrogen-bond acceptors (Lipinski definition) is 9. The molecule has 6 rings (SSSR count). The number of nitrogens with zero attached hydrogens (tertiary/aromatic N) is 3. The Hall–Kier alpha value is -4.22. The molecule has 3 aromatic rings. The van der Waals surface area contributed by atoms with E-state index in [1.165, 1.54) is 23.3 Å². The summed E-state index contributed by atoms with van der Waals surface area (Å²) in [6.45, 7) is 8.07. The number of nitro groups is 1. The van der Waals surface area contributed by atoms with Crippen LogP contribution in [0.3, 0.4) is 0 Å². The number of esters is 2. The van der Waals surface area contributed by atoms with E-state index in [0.29, 0.717) is 30.0 Å². The average molecular weight is 738 g/mol. The van der Waals surface area contributed by atoms with Gasteiger partial charge in [0.1, 0.15) is 12.2 Å². The second kappa shape index (κ2) is 18.3. The zero-order valence-electron chi connectivity index (χ0n) is 29.0. The molecule has 51 heavy (non-hydrogen) atoms. The Balaban J connectivity index is 0.00000292. The van der Waals surface area contributed by atoms with E-state index in [2.05, 4.69) is 39.4 Å². The summed E-state index contributed by atoms with van der Waals surface area (Å²) in [5.41, 5.74) is 4.32. The fourth-order valence-corrected chi connectivity index (χ4v) is 7.31. The number of nitro benzene ring substituents is 1. The van der Waals surface area contributed by atoms with Crippen LogP contribution in [0.25, 0.3) is 0 Å². The highest BCUT2D eigenvalue weighted by Gasteiger charge is 2.40. The van der Waals surface area contributed by atoms with E-state index < -0.39 is 22.8 Å². The molecule has 2 saturated heterocycles. The molecule has 0 spiro atoms. The molecular weight excluding hydrogens is 691 g/mol. The first-order valence-electron chi connectivity index (χ1n) is 17.1. The minimum Gasteiger partial charge on any atom is -0.458 e. The summed E-state index contributed by atoms with van der Waals surface area (Å²) in [6.07, 6.45) is 2.54. The first-order chi connectivity index (χ1) is 23.7. The van der Waals surface area contributed by atoms with Crippen molar-refractivity contribution >= 4 is 42.4 Å². The standard InChI is InChI=1S/C39H44N4O6.2ClH/c1-27-35(38(44)48-33-18-10-20-41(25-33)23-29-12-5-3-6-13-29)37(31-16-9-17-32(22-31)43(46)47)36(28(2)40-27)39(45)49-34-19-11-21-42(26-34)24-30-14-7-4-8-15-30;;/h3-9,12-17,22,33-34,37,40H,10-11,18-21,23-26H2,1-2H3;2*1H/t33-,34-;;/m0../s1. The van der Waals surface area contributed by atoms with Crippen LogP contribution in [-0.2, 0) is 32.2 Å². The Labute approximate surface area is 311 Å². The van der Waals surface area contributed by atoms with Crippen LogP contribution in [0.4, 0.5) is 5.69 Å². The summed E-state index contributed by atoms with van der Waals surface area (Å²) in [5.74, 6) is -2.00. The van der Waals surface area contributed by atoms with Gasteiger partial charge in [0.05, 0.1) is 22.0 Å². The lowest BCUT2D eigenvalue weighted by Gasteiger charge is -2.36. The number of dihydropyridines is 1. The maximum Gasteiger partial charge on any atom is 0.337 e. The van der Waals surface area contributed by atoms with E-state index in [1.807, 2.05) is 36.4 Å². The average Bonchev–Trinajstić information content (AvgIpc) is 3.09. The molecule has 2 fully saturated rings. The molecule has 0 bridgehead atoms. The second-order valence-electron chi connectivity index (χ2n) is 13.3. The number of nitrogens with one attached hydrogen (secondary N) is 1. The molecular formula is C39H46Cl2N4O6. The molecule has 10 nitrogen and oxygen atoms in total. The molecule has 3 aliphatic heterocycles. The van der Waals surface area contributed by atoms with Crippen molar-refractivity contribution in [2.45, 2.75) is 70.7 Å². The van der Waals surface area contributed by atoms with E-state index in [0.717, 1.165) is 51.9 Å². The van der Waals surface area contributed by atoms with Gasteiger partial charge in [-0.2, -0.15) is 0 Å². The van der Waals surface area contributed by atoms with Gasteiger partial charge >= 0.3 is 11.9 Å². The van der Waals surface area contributed by atoms with E-state index >= 15 is 0 Å². The van der Waals surface area contributed by atoms with Crippen LogP contribution in [0.1, 0.15) is 62.1 Å². The van der Waals surface area contributed by atoms with Gasteiger partial charge in [-0.15, -0.1) is 24.8 Å². The number of carbonyl (C=O) groups is 2. The molecule has 0 aliphatic carbocycles. The van der Waals surface area contributed by atoms with Gasteiger partial charge in [0, 0.05) is 49.7 Å². The fraction of sp³-hybridized carbons (Fsp3) is 0.385. The molecule has 3 heterocycles. The van der Waals surface area contributed by atoms with Crippen LogP contribution in [0.2, 0.25) is 0 Å². The number of carbonyl (C=O) groups excluding carboxylic acids is 2. The smallest absolute Gasteiger partial charge is 0.337 e. The van der Waals surface area contributed by atoms with Gasteiger partial charge in [-0.25, -0.2) is 9.59 Å². The van der Waals surface area contributed by atoms with Gasteiger partial charge in [-0.05, 0) is 69.3 Å². The fourth-order valence-electron chi connectivity index (χ4n) is 7.31. The van der Waals surface area contributed by atoms with Crippen molar-refractivity contribution in [3.63, 3.8) is 0 Å². The Kier molecular flexibility index (Phi) is 14.2. The number of halogens is 2. The number of ether oxygens (including phenoxy) is 2. The quantitative estimate of drug-likeness (QED) is 0.132. The molecule has 0 saturated carbocycles. The van der Waals surface area contributed by atoms with Crippen LogP contribution < -0.4 is 5.32 Å². The van der Waals surface area contributed by atoms with Crippen molar-refractivity contribution in [1.29, 1.82) is 0 Å². The van der Waals surface area contributed by atoms with Crippen LogP contribution in [0.5, 0.6) is 0 Å². The Morgan fingerprint density at radius 1 is 0.745 bits per heavy atom. The normalized spacial score (nSPS) is 20.0. The largest absolute Gasteiger partial charge is 0.458 e. The lowest BCUT2D eigenvalue weighted by Crippen LogP contribution is -2.42. The summed E-state index contributed by atoms with van der Waals surface area (Å²) >= 11 is 0. The highest BCUT2D eigenvalue weighted by atomic mass is 35.5. The molecule has 0 radical (unpaired) electrons. The van der Waals surface area contributed by atoms with Crippen LogP contribution in [0.15, 0.2) is 107 Å². The van der Waals surface area contributed by atoms with Crippen molar-refractivity contribution < 1.29 is 24.0 Å². The van der Waals surface area contributed by atoms with E-state index in [4.69, 9.17) is 9.47 Å². The van der Waals surface area contributed by atoms with Gasteiger partial charge in [-0.1, -0.05) is 72.8 Å². The Morgan fingerprint density at radius 2 is 1.22 bits per heavy atom. The molecule has 2 atom stereocenters. The Morgan fingerprint density at radius 3 is 1.67 bits per heavy atom. The molecule has 12 heteroatoms. The second-order valence-corrected chi connectivity index (χ2v) is 13.3. The lowest BCUT2D eigenvalue weighted by molar-refractivity contribution is -0.384. The third-order valence-corrected chi connectivity index (χ3v) is 9.58. The summed E-state index contributed by atoms with van der Waals surface area (Å²) in [5, 5.41) is 15.1. The molecule has 1 N–H and O–H groups in total. The van der Waals surface area contributed by atoms with Crippen LogP contribution in [-0.4, -0.2) is 65.0 Å². The zero-order chi connectivity index (χ0) is 34.3. The van der Waals surface area contributed by atoms with Crippen molar-refractivity contribution in [3.8, 4) is 0 Å². The number of rotatable bonds is 10. The highest BCUT2D eigenvalue weighted by Crippen LogP contribution is 2.41. The maximum absolute atomic E-state index is 14.2. The van der Waals surface area contributed by atoms with E-state index in [1.54, 1.807) is 26.0 Å². The third kappa shape index (κ3) is 9.98. The summed E-state index contributed by atoms with van der Waals surface area (Å²) in [6, 6.07) is 26.5.